The molecule has 0 bridgehead atoms. The van der Waals surface area contributed by atoms with Crippen LogP contribution in [0.5, 0.6) is 0 Å². The average Bonchev–Trinajstić information content (AvgIpc) is 2.95. The van der Waals surface area contributed by atoms with Crippen LogP contribution in [0.3, 0.4) is 0 Å². The van der Waals surface area contributed by atoms with E-state index in [0.717, 1.165) is 18.6 Å². The molecule has 0 spiro atoms. The largest absolute Gasteiger partial charge is 0.475 e. The van der Waals surface area contributed by atoms with Crippen molar-refractivity contribution in [1.82, 2.24) is 5.32 Å². The molecule has 126 valence electrons. The zero-order valence-electron chi connectivity index (χ0n) is 12.6. The fourth-order valence-electron chi connectivity index (χ4n) is 2.95. The Labute approximate surface area is 136 Å². The first kappa shape index (κ1) is 16.2. The summed E-state index contributed by atoms with van der Waals surface area (Å²) < 4.78 is 32.2. The maximum Gasteiger partial charge on any atom is 0.371 e. The van der Waals surface area contributed by atoms with Crippen LogP contribution >= 0.6 is 0 Å². The van der Waals surface area contributed by atoms with Gasteiger partial charge in [0.25, 0.3) is 0 Å². The maximum atomic E-state index is 14.1. The Balaban J connectivity index is 1.75. The SMILES string of the molecule is O=C(O)c1ccc(CNC(=O)C2(c3ccc(F)cc3F)CCC2)o1. The summed E-state index contributed by atoms with van der Waals surface area (Å²) in [6.45, 7) is -0.00330. The number of aromatic carboxylic acids is 1. The van der Waals surface area contributed by atoms with Gasteiger partial charge in [0.1, 0.15) is 17.4 Å². The molecule has 2 N–H and O–H groups in total. The van der Waals surface area contributed by atoms with Gasteiger partial charge in [0, 0.05) is 11.6 Å². The molecule has 0 radical (unpaired) electrons. The molecular weight excluding hydrogens is 320 g/mol. The zero-order chi connectivity index (χ0) is 17.3. The number of rotatable bonds is 5. The molecule has 3 rings (SSSR count). The lowest BCUT2D eigenvalue weighted by Gasteiger charge is -2.40. The number of benzene rings is 1. The third kappa shape index (κ3) is 2.77. The van der Waals surface area contributed by atoms with Crippen LogP contribution in [0.15, 0.2) is 34.7 Å². The number of furan rings is 1. The van der Waals surface area contributed by atoms with Gasteiger partial charge in [-0.1, -0.05) is 12.5 Å². The monoisotopic (exact) mass is 335 g/mol. The lowest BCUT2D eigenvalue weighted by atomic mass is 9.63. The number of carboxylic acids is 1. The third-order valence-electron chi connectivity index (χ3n) is 4.38. The van der Waals surface area contributed by atoms with Crippen molar-refractivity contribution >= 4 is 11.9 Å². The molecule has 1 fully saturated rings. The summed E-state index contributed by atoms with van der Waals surface area (Å²) >= 11 is 0. The van der Waals surface area contributed by atoms with Gasteiger partial charge in [-0.05, 0) is 31.0 Å². The molecule has 0 atom stereocenters. The van der Waals surface area contributed by atoms with Gasteiger partial charge in [-0.15, -0.1) is 0 Å². The van der Waals surface area contributed by atoms with Crippen molar-refractivity contribution in [1.29, 1.82) is 0 Å². The predicted octanol–water partition coefficient (Wildman–Crippen LogP) is 2.99. The van der Waals surface area contributed by atoms with Gasteiger partial charge in [0.05, 0.1) is 12.0 Å². The molecule has 1 aromatic carbocycles. The smallest absolute Gasteiger partial charge is 0.371 e. The number of carbonyl (C=O) groups excluding carboxylic acids is 1. The average molecular weight is 335 g/mol. The first-order chi connectivity index (χ1) is 11.4. The highest BCUT2D eigenvalue weighted by Crippen LogP contribution is 2.45. The van der Waals surface area contributed by atoms with E-state index in [2.05, 4.69) is 5.32 Å². The molecule has 1 amide bonds. The van der Waals surface area contributed by atoms with Gasteiger partial charge in [-0.3, -0.25) is 4.79 Å². The van der Waals surface area contributed by atoms with Gasteiger partial charge in [-0.2, -0.15) is 0 Å². The van der Waals surface area contributed by atoms with Crippen LogP contribution in [0.1, 0.15) is 41.1 Å². The van der Waals surface area contributed by atoms with Gasteiger partial charge in [0.15, 0.2) is 0 Å². The van der Waals surface area contributed by atoms with Crippen molar-refractivity contribution < 1.29 is 27.9 Å². The van der Waals surface area contributed by atoms with Gasteiger partial charge in [-0.25, -0.2) is 13.6 Å². The van der Waals surface area contributed by atoms with Crippen LogP contribution in [0.2, 0.25) is 0 Å². The second-order valence-corrected chi connectivity index (χ2v) is 5.81. The number of carbonyl (C=O) groups is 2. The summed E-state index contributed by atoms with van der Waals surface area (Å²) in [4.78, 5) is 23.3. The van der Waals surface area contributed by atoms with E-state index in [0.29, 0.717) is 12.8 Å². The molecule has 1 aliphatic rings. The van der Waals surface area contributed by atoms with E-state index in [1.807, 2.05) is 0 Å². The molecule has 2 aromatic rings. The van der Waals surface area contributed by atoms with Crippen molar-refractivity contribution in [3.8, 4) is 0 Å². The summed E-state index contributed by atoms with van der Waals surface area (Å²) in [5, 5.41) is 11.4. The van der Waals surface area contributed by atoms with E-state index < -0.39 is 23.0 Å². The van der Waals surface area contributed by atoms with E-state index in [1.165, 1.54) is 18.2 Å². The first-order valence-corrected chi connectivity index (χ1v) is 7.48. The Morgan fingerprint density at radius 2 is 1.96 bits per heavy atom. The Kier molecular flexibility index (Phi) is 4.09. The number of nitrogens with one attached hydrogen (secondary N) is 1. The quantitative estimate of drug-likeness (QED) is 0.880. The Morgan fingerprint density at radius 3 is 2.50 bits per heavy atom. The van der Waals surface area contributed by atoms with Gasteiger partial charge >= 0.3 is 5.97 Å². The Bertz CT molecular complexity index is 796. The highest BCUT2D eigenvalue weighted by atomic mass is 19.1. The van der Waals surface area contributed by atoms with Crippen LogP contribution in [-0.4, -0.2) is 17.0 Å². The molecule has 24 heavy (non-hydrogen) atoms. The van der Waals surface area contributed by atoms with Crippen LogP contribution in [0, 0.1) is 11.6 Å². The van der Waals surface area contributed by atoms with E-state index in [-0.39, 0.29) is 29.5 Å². The molecular formula is C17H15F2NO4. The first-order valence-electron chi connectivity index (χ1n) is 7.48. The summed E-state index contributed by atoms with van der Waals surface area (Å²) in [6.07, 6.45) is 1.72. The van der Waals surface area contributed by atoms with E-state index in [1.54, 1.807) is 0 Å². The van der Waals surface area contributed by atoms with Crippen molar-refractivity contribution in [2.75, 3.05) is 0 Å². The number of carboxylic acid groups (broad SMARTS) is 1. The molecule has 1 heterocycles. The lowest BCUT2D eigenvalue weighted by Crippen LogP contribution is -2.49. The number of amides is 1. The molecule has 1 aliphatic carbocycles. The fraction of sp³-hybridized carbons (Fsp3) is 0.294. The summed E-state index contributed by atoms with van der Waals surface area (Å²) in [5.74, 6) is -2.94. The van der Waals surface area contributed by atoms with Crippen molar-refractivity contribution in [2.45, 2.75) is 31.2 Å². The second kappa shape index (κ2) is 6.07. The fourth-order valence-corrected chi connectivity index (χ4v) is 2.95. The van der Waals surface area contributed by atoms with Crippen molar-refractivity contribution in [2.24, 2.45) is 0 Å². The van der Waals surface area contributed by atoms with Gasteiger partial charge < -0.3 is 14.8 Å². The third-order valence-corrected chi connectivity index (χ3v) is 4.38. The highest BCUT2D eigenvalue weighted by Gasteiger charge is 2.47. The molecule has 7 heteroatoms. The lowest BCUT2D eigenvalue weighted by molar-refractivity contribution is -0.130. The topological polar surface area (TPSA) is 79.5 Å². The maximum absolute atomic E-state index is 14.1. The summed E-state index contributed by atoms with van der Waals surface area (Å²) in [7, 11) is 0. The molecule has 0 saturated heterocycles. The molecule has 0 unspecified atom stereocenters. The molecule has 5 nitrogen and oxygen atoms in total. The Hall–Kier alpha value is -2.70. The van der Waals surface area contributed by atoms with Crippen LogP contribution in [0.25, 0.3) is 0 Å². The van der Waals surface area contributed by atoms with E-state index in [9.17, 15) is 18.4 Å². The summed E-state index contributed by atoms with van der Waals surface area (Å²) in [5.41, 5.74) is -0.835. The number of hydrogen-bond donors (Lipinski definition) is 2. The Morgan fingerprint density at radius 1 is 1.21 bits per heavy atom. The standard InChI is InChI=1S/C17H15F2NO4/c18-10-2-4-12(13(19)8-10)17(6-1-7-17)16(23)20-9-11-3-5-14(24-11)15(21)22/h2-5,8H,1,6-7,9H2,(H,20,23)(H,21,22). The van der Waals surface area contributed by atoms with Crippen LogP contribution in [-0.2, 0) is 16.8 Å². The second-order valence-electron chi connectivity index (χ2n) is 5.81. The van der Waals surface area contributed by atoms with Crippen LogP contribution < -0.4 is 5.32 Å². The van der Waals surface area contributed by atoms with Crippen molar-refractivity contribution in [3.63, 3.8) is 0 Å². The minimum atomic E-state index is -1.20. The van der Waals surface area contributed by atoms with E-state index >= 15 is 0 Å². The minimum absolute atomic E-state index is 0.00330. The summed E-state index contributed by atoms with van der Waals surface area (Å²) in [6, 6.07) is 5.96. The zero-order valence-corrected chi connectivity index (χ0v) is 12.6. The molecule has 1 saturated carbocycles. The number of hydrogen-bond acceptors (Lipinski definition) is 3. The molecule has 1 aromatic heterocycles. The molecule has 0 aliphatic heterocycles. The number of halogens is 2. The predicted molar refractivity (Wildman–Crippen MR) is 79.4 cm³/mol. The highest BCUT2D eigenvalue weighted by molar-refractivity contribution is 5.89. The minimum Gasteiger partial charge on any atom is -0.475 e. The normalized spacial score (nSPS) is 15.6. The van der Waals surface area contributed by atoms with Crippen LogP contribution in [0.4, 0.5) is 8.78 Å². The van der Waals surface area contributed by atoms with Crippen molar-refractivity contribution in [3.05, 3.63) is 59.1 Å². The van der Waals surface area contributed by atoms with E-state index in [4.69, 9.17) is 9.52 Å². The van der Waals surface area contributed by atoms with Gasteiger partial charge in [0.2, 0.25) is 11.7 Å².